The van der Waals surface area contributed by atoms with Gasteiger partial charge in [0.15, 0.2) is 0 Å². The number of carbonyl (C=O) groups excluding carboxylic acids is 1. The first-order valence-corrected chi connectivity index (χ1v) is 8.10. The number of hydrogen-bond donors (Lipinski definition) is 1. The first-order valence-electron chi connectivity index (χ1n) is 8.10. The van der Waals surface area contributed by atoms with Gasteiger partial charge in [-0.05, 0) is 38.5 Å². The highest BCUT2D eigenvalue weighted by molar-refractivity contribution is 5.78. The Morgan fingerprint density at radius 2 is 2.14 bits per heavy atom. The van der Waals surface area contributed by atoms with E-state index < -0.39 is 0 Å². The van der Waals surface area contributed by atoms with E-state index >= 15 is 0 Å². The van der Waals surface area contributed by atoms with E-state index in [9.17, 15) is 4.79 Å². The van der Waals surface area contributed by atoms with Crippen molar-refractivity contribution in [2.24, 2.45) is 11.8 Å². The SMILES string of the molecule is Cc1cnc(CCNC(=O)C2CCOCC2)n1CC1CC1. The maximum atomic E-state index is 12.1. The summed E-state index contributed by atoms with van der Waals surface area (Å²) < 4.78 is 7.61. The molecule has 21 heavy (non-hydrogen) atoms. The third kappa shape index (κ3) is 3.84. The standard InChI is InChI=1S/C16H25N3O2/c1-12-10-18-15(19(12)11-13-2-3-13)4-7-17-16(20)14-5-8-21-9-6-14/h10,13-14H,2-9,11H2,1H3,(H,17,20). The lowest BCUT2D eigenvalue weighted by molar-refractivity contribution is -0.127. The van der Waals surface area contributed by atoms with Crippen LogP contribution in [0.2, 0.25) is 0 Å². The second-order valence-electron chi connectivity index (χ2n) is 6.30. The van der Waals surface area contributed by atoms with Crippen molar-refractivity contribution >= 4 is 5.91 Å². The molecule has 1 aromatic heterocycles. The Hall–Kier alpha value is -1.36. The zero-order valence-corrected chi connectivity index (χ0v) is 12.8. The minimum Gasteiger partial charge on any atom is -0.381 e. The first-order chi connectivity index (χ1) is 10.2. The molecule has 0 radical (unpaired) electrons. The average molecular weight is 291 g/mol. The van der Waals surface area contributed by atoms with Crippen LogP contribution in [-0.4, -0.2) is 35.2 Å². The Labute approximate surface area is 126 Å². The lowest BCUT2D eigenvalue weighted by Gasteiger charge is -2.21. The highest BCUT2D eigenvalue weighted by atomic mass is 16.5. The molecule has 2 heterocycles. The number of aryl methyl sites for hydroxylation is 1. The molecule has 0 aromatic carbocycles. The zero-order chi connectivity index (χ0) is 14.7. The number of nitrogens with one attached hydrogen (secondary N) is 1. The van der Waals surface area contributed by atoms with E-state index in [0.29, 0.717) is 19.8 Å². The van der Waals surface area contributed by atoms with Crippen LogP contribution in [0.1, 0.15) is 37.2 Å². The summed E-state index contributed by atoms with van der Waals surface area (Å²) in [6.45, 7) is 5.30. The van der Waals surface area contributed by atoms with Crippen LogP contribution >= 0.6 is 0 Å². The number of hydrogen-bond acceptors (Lipinski definition) is 3. The number of amides is 1. The lowest BCUT2D eigenvalue weighted by atomic mass is 9.99. The molecule has 1 aliphatic heterocycles. The first kappa shape index (κ1) is 14.6. The van der Waals surface area contributed by atoms with Gasteiger partial charge in [0.25, 0.3) is 0 Å². The third-order valence-electron chi connectivity index (χ3n) is 4.52. The molecule has 1 aliphatic carbocycles. The quantitative estimate of drug-likeness (QED) is 0.867. The van der Waals surface area contributed by atoms with E-state index in [4.69, 9.17) is 4.74 Å². The zero-order valence-electron chi connectivity index (χ0n) is 12.8. The second-order valence-corrected chi connectivity index (χ2v) is 6.30. The largest absolute Gasteiger partial charge is 0.381 e. The molecule has 5 nitrogen and oxygen atoms in total. The second kappa shape index (κ2) is 6.60. The summed E-state index contributed by atoms with van der Waals surface area (Å²) in [4.78, 5) is 16.6. The van der Waals surface area contributed by atoms with Gasteiger partial charge in [-0.3, -0.25) is 4.79 Å². The molecule has 1 aromatic rings. The van der Waals surface area contributed by atoms with Gasteiger partial charge < -0.3 is 14.6 Å². The van der Waals surface area contributed by atoms with Crippen molar-refractivity contribution in [1.29, 1.82) is 0 Å². The highest BCUT2D eigenvalue weighted by Gasteiger charge is 2.24. The fourth-order valence-corrected chi connectivity index (χ4v) is 2.92. The summed E-state index contributed by atoms with van der Waals surface area (Å²) in [5, 5.41) is 3.06. The molecule has 1 saturated carbocycles. The van der Waals surface area contributed by atoms with Crippen LogP contribution in [-0.2, 0) is 22.5 Å². The number of nitrogens with zero attached hydrogens (tertiary/aromatic N) is 2. The van der Waals surface area contributed by atoms with Gasteiger partial charge >= 0.3 is 0 Å². The molecular weight excluding hydrogens is 266 g/mol. The average Bonchev–Trinajstić information content (AvgIpc) is 3.27. The van der Waals surface area contributed by atoms with Gasteiger partial charge in [-0.15, -0.1) is 0 Å². The van der Waals surface area contributed by atoms with Crippen LogP contribution in [0, 0.1) is 18.8 Å². The normalized spacial score (nSPS) is 19.7. The van der Waals surface area contributed by atoms with E-state index in [-0.39, 0.29) is 11.8 Å². The van der Waals surface area contributed by atoms with Gasteiger partial charge in [0, 0.05) is 50.5 Å². The Bertz CT molecular complexity index is 488. The molecule has 5 heteroatoms. The minimum absolute atomic E-state index is 0.131. The number of ether oxygens (including phenoxy) is 1. The predicted molar refractivity (Wildman–Crippen MR) is 79.9 cm³/mol. The summed E-state index contributed by atoms with van der Waals surface area (Å²) in [5.41, 5.74) is 1.23. The Kier molecular flexibility index (Phi) is 4.58. The summed E-state index contributed by atoms with van der Waals surface area (Å²) >= 11 is 0. The molecule has 0 spiro atoms. The van der Waals surface area contributed by atoms with Gasteiger partial charge in [-0.25, -0.2) is 4.98 Å². The number of carbonyl (C=O) groups is 1. The van der Waals surface area contributed by atoms with Gasteiger partial charge in [0.1, 0.15) is 5.82 Å². The van der Waals surface area contributed by atoms with Crippen LogP contribution < -0.4 is 5.32 Å². The van der Waals surface area contributed by atoms with Crippen molar-refractivity contribution in [3.8, 4) is 0 Å². The molecule has 1 saturated heterocycles. The Morgan fingerprint density at radius 1 is 1.38 bits per heavy atom. The van der Waals surface area contributed by atoms with E-state index in [0.717, 1.165) is 37.5 Å². The van der Waals surface area contributed by atoms with Gasteiger partial charge in [0.05, 0.1) is 0 Å². The monoisotopic (exact) mass is 291 g/mol. The maximum absolute atomic E-state index is 12.1. The van der Waals surface area contributed by atoms with Crippen LogP contribution in [0.15, 0.2) is 6.20 Å². The molecule has 2 fully saturated rings. The Balaban J connectivity index is 1.47. The van der Waals surface area contributed by atoms with Crippen molar-refractivity contribution in [3.05, 3.63) is 17.7 Å². The number of imidazole rings is 1. The van der Waals surface area contributed by atoms with Crippen LogP contribution in [0.25, 0.3) is 0 Å². The van der Waals surface area contributed by atoms with E-state index in [1.54, 1.807) is 0 Å². The lowest BCUT2D eigenvalue weighted by Crippen LogP contribution is -2.35. The van der Waals surface area contributed by atoms with E-state index in [1.165, 1.54) is 18.5 Å². The van der Waals surface area contributed by atoms with Gasteiger partial charge in [0.2, 0.25) is 5.91 Å². The van der Waals surface area contributed by atoms with Crippen molar-refractivity contribution in [2.75, 3.05) is 19.8 Å². The van der Waals surface area contributed by atoms with Crippen LogP contribution in [0.5, 0.6) is 0 Å². The molecule has 0 unspecified atom stereocenters. The Morgan fingerprint density at radius 3 is 2.86 bits per heavy atom. The molecule has 1 amide bonds. The van der Waals surface area contributed by atoms with Crippen LogP contribution in [0.4, 0.5) is 0 Å². The molecule has 0 atom stereocenters. The fraction of sp³-hybridized carbons (Fsp3) is 0.750. The fourth-order valence-electron chi connectivity index (χ4n) is 2.92. The summed E-state index contributed by atoms with van der Waals surface area (Å²) in [7, 11) is 0. The van der Waals surface area contributed by atoms with Crippen molar-refractivity contribution in [2.45, 2.75) is 45.6 Å². The van der Waals surface area contributed by atoms with Gasteiger partial charge in [-0.2, -0.15) is 0 Å². The number of aromatic nitrogens is 2. The predicted octanol–water partition coefficient (Wildman–Crippen LogP) is 1.69. The molecular formula is C16H25N3O2. The smallest absolute Gasteiger partial charge is 0.223 e. The molecule has 2 aliphatic rings. The number of rotatable bonds is 6. The van der Waals surface area contributed by atoms with Crippen molar-refractivity contribution in [1.82, 2.24) is 14.9 Å². The minimum atomic E-state index is 0.131. The molecule has 0 bridgehead atoms. The highest BCUT2D eigenvalue weighted by Crippen LogP contribution is 2.31. The molecule has 116 valence electrons. The van der Waals surface area contributed by atoms with E-state index in [2.05, 4.69) is 21.8 Å². The maximum Gasteiger partial charge on any atom is 0.223 e. The summed E-state index contributed by atoms with van der Waals surface area (Å²) in [6, 6.07) is 0. The van der Waals surface area contributed by atoms with Crippen LogP contribution in [0.3, 0.4) is 0 Å². The van der Waals surface area contributed by atoms with Crippen molar-refractivity contribution in [3.63, 3.8) is 0 Å². The third-order valence-corrected chi connectivity index (χ3v) is 4.52. The van der Waals surface area contributed by atoms with Gasteiger partial charge in [-0.1, -0.05) is 0 Å². The summed E-state index contributed by atoms with van der Waals surface area (Å²) in [6.07, 6.45) is 7.14. The molecule has 3 rings (SSSR count). The topological polar surface area (TPSA) is 56.1 Å². The van der Waals surface area contributed by atoms with E-state index in [1.807, 2.05) is 6.20 Å². The van der Waals surface area contributed by atoms with Crippen molar-refractivity contribution < 1.29 is 9.53 Å². The summed E-state index contributed by atoms with van der Waals surface area (Å²) in [5.74, 6) is 2.25. The molecule has 1 N–H and O–H groups in total.